The summed E-state index contributed by atoms with van der Waals surface area (Å²) < 4.78 is 0. The van der Waals surface area contributed by atoms with Crippen molar-refractivity contribution >= 4 is 16.9 Å². The van der Waals surface area contributed by atoms with E-state index in [4.69, 9.17) is 0 Å². The van der Waals surface area contributed by atoms with Crippen molar-refractivity contribution < 1.29 is 51.0 Å². The summed E-state index contributed by atoms with van der Waals surface area (Å²) in [6.45, 7) is 0. The molecule has 128 valence electrons. The molecule has 0 spiro atoms. The molecule has 0 bridgehead atoms. The fourth-order valence-corrected chi connectivity index (χ4v) is 3.67. The van der Waals surface area contributed by atoms with Crippen LogP contribution in [0.4, 0.5) is 0 Å². The Morgan fingerprint density at radius 2 is 1.73 bits per heavy atom. The van der Waals surface area contributed by atoms with Crippen LogP contribution < -0.4 is 24.8 Å². The van der Waals surface area contributed by atoms with Crippen molar-refractivity contribution in [3.8, 4) is 11.1 Å². The van der Waals surface area contributed by atoms with Gasteiger partial charge in [0.05, 0.1) is 0 Å². The molecule has 0 saturated heterocycles. The van der Waals surface area contributed by atoms with Crippen LogP contribution in [0.2, 0.25) is 0 Å². The van der Waals surface area contributed by atoms with Crippen molar-refractivity contribution in [2.24, 2.45) is 0 Å². The SMILES string of the molecule is [C-]1=C(c2ccsc2)C=CC1.[Cl-].[Cl-].[Zr+4].[c-]1cccc2c1Cc1ccccc1-2. The van der Waals surface area contributed by atoms with E-state index < -0.39 is 0 Å². The van der Waals surface area contributed by atoms with Gasteiger partial charge in [0, 0.05) is 0 Å². The topological polar surface area (TPSA) is 0 Å². The fraction of sp³-hybridized carbons (Fsp3) is 0.0909. The van der Waals surface area contributed by atoms with Crippen LogP contribution in [0.15, 0.2) is 71.4 Å². The van der Waals surface area contributed by atoms with Gasteiger partial charge in [0.1, 0.15) is 0 Å². The van der Waals surface area contributed by atoms with E-state index in [-0.39, 0.29) is 51.0 Å². The first-order valence-corrected chi connectivity index (χ1v) is 8.74. The minimum Gasteiger partial charge on any atom is -1.00 e. The molecule has 0 saturated carbocycles. The first kappa shape index (κ1) is 23.1. The summed E-state index contributed by atoms with van der Waals surface area (Å²) in [7, 11) is 0. The van der Waals surface area contributed by atoms with Gasteiger partial charge in [0.2, 0.25) is 0 Å². The molecule has 5 rings (SSSR count). The van der Waals surface area contributed by atoms with Crippen LogP contribution in [0.25, 0.3) is 16.7 Å². The first-order chi connectivity index (χ1) is 11.4. The van der Waals surface area contributed by atoms with E-state index in [1.54, 1.807) is 11.3 Å². The summed E-state index contributed by atoms with van der Waals surface area (Å²) in [6.07, 6.45) is 9.56. The van der Waals surface area contributed by atoms with Crippen molar-refractivity contribution in [3.63, 3.8) is 0 Å². The van der Waals surface area contributed by atoms with Crippen molar-refractivity contribution in [2.45, 2.75) is 12.8 Å². The summed E-state index contributed by atoms with van der Waals surface area (Å²) >= 11 is 1.73. The zero-order valence-corrected chi connectivity index (χ0v) is 18.8. The van der Waals surface area contributed by atoms with Gasteiger partial charge < -0.3 is 24.8 Å². The third-order valence-electron chi connectivity index (χ3n) is 4.14. The zero-order valence-electron chi connectivity index (χ0n) is 14.0. The van der Waals surface area contributed by atoms with Gasteiger partial charge in [-0.05, 0) is 11.8 Å². The van der Waals surface area contributed by atoms with Crippen molar-refractivity contribution in [1.29, 1.82) is 0 Å². The normalized spacial score (nSPS) is 12.2. The van der Waals surface area contributed by atoms with Crippen LogP contribution in [0.5, 0.6) is 0 Å². The second-order valence-corrected chi connectivity index (χ2v) is 6.39. The Kier molecular flexibility index (Phi) is 9.82. The molecule has 4 heteroatoms. The number of hydrogen-bond acceptors (Lipinski definition) is 1. The van der Waals surface area contributed by atoms with E-state index in [1.807, 2.05) is 6.07 Å². The minimum absolute atomic E-state index is 0. The van der Waals surface area contributed by atoms with Gasteiger partial charge >= 0.3 is 26.2 Å². The third-order valence-corrected chi connectivity index (χ3v) is 4.83. The maximum atomic E-state index is 3.30. The van der Waals surface area contributed by atoms with Crippen molar-refractivity contribution in [1.82, 2.24) is 0 Å². The molecule has 0 radical (unpaired) electrons. The summed E-state index contributed by atoms with van der Waals surface area (Å²) in [5, 5.41) is 4.24. The van der Waals surface area contributed by atoms with E-state index in [0.717, 1.165) is 12.8 Å². The maximum absolute atomic E-state index is 3.30. The minimum atomic E-state index is 0. The second kappa shape index (κ2) is 11.0. The van der Waals surface area contributed by atoms with Gasteiger partial charge in [-0.15, -0.1) is 17.2 Å². The van der Waals surface area contributed by atoms with Crippen molar-refractivity contribution in [3.05, 3.63) is 100 Å². The summed E-state index contributed by atoms with van der Waals surface area (Å²) in [5.41, 5.74) is 8.07. The van der Waals surface area contributed by atoms with Gasteiger partial charge in [-0.25, -0.2) is 0 Å². The van der Waals surface area contributed by atoms with Gasteiger partial charge in [-0.1, -0.05) is 53.3 Å². The Balaban J connectivity index is 0.000000239. The molecule has 3 aromatic rings. The Labute approximate surface area is 191 Å². The average Bonchev–Trinajstić information content (AvgIpc) is 3.34. The molecule has 26 heavy (non-hydrogen) atoms. The number of fused-ring (bicyclic) bond motifs is 3. The molecule has 0 N–H and O–H groups in total. The largest absolute Gasteiger partial charge is 4.00 e. The molecule has 2 aromatic carbocycles. The maximum Gasteiger partial charge on any atom is 4.00 e. The van der Waals surface area contributed by atoms with Crippen LogP contribution in [0.3, 0.4) is 0 Å². The number of thiophene rings is 1. The molecule has 2 aliphatic rings. The summed E-state index contributed by atoms with van der Waals surface area (Å²) in [6, 6.07) is 20.2. The van der Waals surface area contributed by atoms with Gasteiger partial charge in [0.25, 0.3) is 0 Å². The number of benzene rings is 2. The second-order valence-electron chi connectivity index (χ2n) is 5.61. The van der Waals surface area contributed by atoms with Gasteiger partial charge in [-0.2, -0.15) is 58.9 Å². The zero-order chi connectivity index (χ0) is 15.5. The Hall–Kier alpha value is -0.917. The van der Waals surface area contributed by atoms with Crippen LogP contribution in [-0.4, -0.2) is 0 Å². The van der Waals surface area contributed by atoms with Crippen LogP contribution in [-0.2, 0) is 32.6 Å². The van der Waals surface area contributed by atoms with Crippen LogP contribution >= 0.6 is 11.3 Å². The standard InChI is InChI=1S/C13H9.C9H7S.2ClH.Zr/c1-3-7-12-10(5-1)9-11-6-2-4-8-13(11)12;1-2-4-8(3-1)9-5-6-10-7-9;;;/h1-5,7-8H,9H2;1,3,5-7H,2H2;2*1H;/q2*-1;;;+4/p-2. The molecule has 2 aliphatic carbocycles. The number of allylic oxidation sites excluding steroid dienone is 4. The van der Waals surface area contributed by atoms with Gasteiger partial charge in [0.15, 0.2) is 0 Å². The number of rotatable bonds is 1. The molecule has 1 aromatic heterocycles. The van der Waals surface area contributed by atoms with Gasteiger partial charge in [-0.3, -0.25) is 0 Å². The molecule has 0 nitrogen and oxygen atoms in total. The molecule has 0 unspecified atom stereocenters. The average molecular weight is 475 g/mol. The molecule has 0 aliphatic heterocycles. The predicted octanol–water partition coefficient (Wildman–Crippen LogP) is -0.0419. The Morgan fingerprint density at radius 1 is 0.923 bits per heavy atom. The first-order valence-electron chi connectivity index (χ1n) is 7.79. The summed E-state index contributed by atoms with van der Waals surface area (Å²) in [5.74, 6) is 0. The van der Waals surface area contributed by atoms with Crippen LogP contribution in [0, 0.1) is 12.1 Å². The number of halogens is 2. The molecule has 1 heterocycles. The van der Waals surface area contributed by atoms with Crippen molar-refractivity contribution in [2.75, 3.05) is 0 Å². The van der Waals surface area contributed by atoms with E-state index in [0.29, 0.717) is 0 Å². The van der Waals surface area contributed by atoms with E-state index in [1.165, 1.54) is 33.4 Å². The quantitative estimate of drug-likeness (QED) is 0.340. The van der Waals surface area contributed by atoms with Crippen LogP contribution in [0.1, 0.15) is 23.1 Å². The fourth-order valence-electron chi connectivity index (χ4n) is 3.02. The number of hydrogen-bond donors (Lipinski definition) is 0. The Bertz CT molecular complexity index is 839. The molecular weight excluding hydrogens is 458 g/mol. The molecule has 0 fully saturated rings. The molecule has 0 atom stereocenters. The predicted molar refractivity (Wildman–Crippen MR) is 98.2 cm³/mol. The monoisotopic (exact) mass is 472 g/mol. The third kappa shape index (κ3) is 5.08. The molecular formula is C22H16Cl2SZr. The van der Waals surface area contributed by atoms with E-state index in [9.17, 15) is 0 Å². The Morgan fingerprint density at radius 3 is 2.46 bits per heavy atom. The van der Waals surface area contributed by atoms with E-state index >= 15 is 0 Å². The molecule has 0 amide bonds. The van der Waals surface area contributed by atoms with E-state index in [2.05, 4.69) is 77.5 Å². The smallest absolute Gasteiger partial charge is 1.00 e. The summed E-state index contributed by atoms with van der Waals surface area (Å²) in [4.78, 5) is 0.